The molecule has 3 heteroatoms. The van der Waals surface area contributed by atoms with Gasteiger partial charge in [-0.1, -0.05) is 20.8 Å². The minimum absolute atomic E-state index is 0. The number of ketones is 2. The van der Waals surface area contributed by atoms with Crippen LogP contribution >= 0.6 is 0 Å². The number of allylic oxidation sites excluding steroid dienone is 4. The molecular weight excluding hydrogens is 229 g/mol. The Bertz CT molecular complexity index is 298. The Morgan fingerprint density at radius 3 is 2.00 bits per heavy atom. The number of carbonyl (C=O) groups is 2. The van der Waals surface area contributed by atoms with Gasteiger partial charge in [-0.25, -0.2) is 0 Å². The molecule has 0 fully saturated rings. The maximum absolute atomic E-state index is 11.2. The number of Topliss-reactive ketones (excluding diaryl/α,β-unsaturated/α-hetero) is 2. The molecule has 0 saturated carbocycles. The van der Waals surface area contributed by atoms with Crippen LogP contribution in [0.25, 0.3) is 0 Å². The van der Waals surface area contributed by atoms with E-state index in [0.29, 0.717) is 16.7 Å². The fourth-order valence-electron chi connectivity index (χ4n) is 0.943. The van der Waals surface area contributed by atoms with E-state index < -0.39 is 0 Å². The molecule has 2 nitrogen and oxygen atoms in total. The number of rotatable bonds is 0. The molecule has 0 atom stereocenters. The zero-order chi connectivity index (χ0) is 8.59. The summed E-state index contributed by atoms with van der Waals surface area (Å²) >= 11 is 0. The fourth-order valence-corrected chi connectivity index (χ4v) is 0.943. The van der Waals surface area contributed by atoms with Crippen molar-refractivity contribution in [3.8, 4) is 0 Å². The monoisotopic (exact) mass is 238 g/mol. The van der Waals surface area contributed by atoms with Crippen molar-refractivity contribution in [3.63, 3.8) is 0 Å². The van der Waals surface area contributed by atoms with Crippen LogP contribution < -0.4 is 0 Å². The van der Waals surface area contributed by atoms with Gasteiger partial charge in [0.05, 0.1) is 11.6 Å². The van der Waals surface area contributed by atoms with Crippen LogP contribution in [0.5, 0.6) is 0 Å². The molecule has 1 radical (unpaired) electrons. The topological polar surface area (TPSA) is 34.1 Å². The smallest absolute Gasteiger partial charge is 0.0710 e. The van der Waals surface area contributed by atoms with Gasteiger partial charge in [0, 0.05) is 32.7 Å². The van der Waals surface area contributed by atoms with E-state index in [1.807, 2.05) is 0 Å². The molecule has 0 saturated heterocycles. The van der Waals surface area contributed by atoms with Crippen molar-refractivity contribution in [2.45, 2.75) is 20.8 Å². The second kappa shape index (κ2) is 4.24. The third kappa shape index (κ3) is 1.99. The van der Waals surface area contributed by atoms with E-state index in [4.69, 9.17) is 0 Å². The van der Waals surface area contributed by atoms with Gasteiger partial charge in [0.2, 0.25) is 0 Å². The summed E-state index contributed by atoms with van der Waals surface area (Å²) in [6.07, 6.45) is 2.48. The maximum Gasteiger partial charge on any atom is 0.0710 e. The Morgan fingerprint density at radius 1 is 1.00 bits per heavy atom. The summed E-state index contributed by atoms with van der Waals surface area (Å²) in [4.78, 5) is 22.2. The summed E-state index contributed by atoms with van der Waals surface area (Å²) < 4.78 is 0. The van der Waals surface area contributed by atoms with Crippen LogP contribution in [0, 0.1) is 6.08 Å². The minimum atomic E-state index is -0.167. The molecule has 0 bridgehead atoms. The van der Waals surface area contributed by atoms with Crippen LogP contribution in [0.15, 0.2) is 16.7 Å². The molecule has 0 aromatic carbocycles. The van der Waals surface area contributed by atoms with Crippen molar-refractivity contribution in [1.82, 2.24) is 0 Å². The van der Waals surface area contributed by atoms with Gasteiger partial charge in [-0.15, -0.1) is 22.8 Å². The van der Waals surface area contributed by atoms with E-state index in [-0.39, 0.29) is 44.3 Å². The number of carbonyl (C=O) groups excluding carboxylic acids is 2. The predicted molar refractivity (Wildman–Crippen MR) is 40.8 cm³/mol. The van der Waals surface area contributed by atoms with Gasteiger partial charge in [-0.05, 0) is 0 Å². The van der Waals surface area contributed by atoms with Gasteiger partial charge in [0.25, 0.3) is 0 Å². The molecule has 12 heavy (non-hydrogen) atoms. The quantitative estimate of drug-likeness (QED) is 0.469. The SMILES string of the molecule is CC1=[C-]C(=O)C(C)=C(C)C1=O.[Y]. The van der Waals surface area contributed by atoms with E-state index in [9.17, 15) is 9.59 Å². The van der Waals surface area contributed by atoms with Gasteiger partial charge in [0.15, 0.2) is 0 Å². The molecule has 0 heterocycles. The normalized spacial score (nSPS) is 17.4. The Kier molecular flexibility index (Phi) is 4.22. The zero-order valence-electron chi connectivity index (χ0n) is 7.39. The van der Waals surface area contributed by atoms with E-state index in [1.165, 1.54) is 0 Å². The fraction of sp³-hybridized carbons (Fsp3) is 0.333. The minimum Gasteiger partial charge on any atom is -0.366 e. The van der Waals surface area contributed by atoms with Crippen molar-refractivity contribution >= 4 is 11.6 Å². The number of hydrogen-bond acceptors (Lipinski definition) is 2. The van der Waals surface area contributed by atoms with E-state index in [2.05, 4.69) is 6.08 Å². The van der Waals surface area contributed by atoms with Gasteiger partial charge in [-0.3, -0.25) is 0 Å². The molecule has 0 spiro atoms. The van der Waals surface area contributed by atoms with E-state index >= 15 is 0 Å². The molecular formula is C9H9O2Y-. The van der Waals surface area contributed by atoms with E-state index in [0.717, 1.165) is 0 Å². The molecule has 0 aromatic rings. The zero-order valence-corrected chi connectivity index (χ0v) is 10.2. The van der Waals surface area contributed by atoms with Gasteiger partial charge in [0.1, 0.15) is 0 Å². The van der Waals surface area contributed by atoms with Crippen molar-refractivity contribution in [2.24, 2.45) is 0 Å². The largest absolute Gasteiger partial charge is 0.366 e. The van der Waals surface area contributed by atoms with E-state index in [1.54, 1.807) is 20.8 Å². The van der Waals surface area contributed by atoms with Crippen LogP contribution in [-0.2, 0) is 42.3 Å². The summed E-state index contributed by atoms with van der Waals surface area (Å²) in [7, 11) is 0. The maximum atomic E-state index is 11.2. The third-order valence-corrected chi connectivity index (χ3v) is 1.89. The summed E-state index contributed by atoms with van der Waals surface area (Å²) in [5.74, 6) is -0.235. The average molecular weight is 238 g/mol. The summed E-state index contributed by atoms with van der Waals surface area (Å²) in [6, 6.07) is 0. The second-order valence-corrected chi connectivity index (χ2v) is 2.66. The standard InChI is InChI=1S/C9H9O2.Y/c1-5-4-8(10)6(2)7(3)9(5)11;/h1-3H3;/q-1;. The van der Waals surface area contributed by atoms with Crippen LogP contribution in [0.1, 0.15) is 20.8 Å². The molecule has 0 amide bonds. The molecule has 1 rings (SSSR count). The molecule has 0 unspecified atom stereocenters. The van der Waals surface area contributed by atoms with Crippen molar-refractivity contribution in [3.05, 3.63) is 22.8 Å². The van der Waals surface area contributed by atoms with Crippen LogP contribution in [-0.4, -0.2) is 11.6 Å². The van der Waals surface area contributed by atoms with Gasteiger partial charge in [-0.2, -0.15) is 0 Å². The second-order valence-electron chi connectivity index (χ2n) is 2.66. The Morgan fingerprint density at radius 2 is 1.50 bits per heavy atom. The van der Waals surface area contributed by atoms with Gasteiger partial charge >= 0.3 is 0 Å². The summed E-state index contributed by atoms with van der Waals surface area (Å²) in [6.45, 7) is 4.92. The van der Waals surface area contributed by atoms with Crippen molar-refractivity contribution in [2.75, 3.05) is 0 Å². The third-order valence-electron chi connectivity index (χ3n) is 1.89. The molecule has 61 valence electrons. The Balaban J connectivity index is 0.00000121. The number of hydrogen-bond donors (Lipinski definition) is 0. The average Bonchev–Trinajstić information content (AvgIpc) is 1.97. The first-order valence-corrected chi connectivity index (χ1v) is 3.41. The molecule has 1 aliphatic rings. The molecule has 1 aliphatic carbocycles. The Hall–Kier alpha value is -0.0761. The predicted octanol–water partition coefficient (Wildman–Crippen LogP) is 1.22. The first-order chi connectivity index (χ1) is 5.04. The molecule has 0 N–H and O–H groups in total. The molecule has 0 aromatic heterocycles. The Labute approximate surface area is 97.0 Å². The van der Waals surface area contributed by atoms with Crippen LogP contribution in [0.4, 0.5) is 0 Å². The van der Waals surface area contributed by atoms with Crippen LogP contribution in [0.3, 0.4) is 0 Å². The van der Waals surface area contributed by atoms with Gasteiger partial charge < -0.3 is 9.59 Å². The van der Waals surface area contributed by atoms with Crippen molar-refractivity contribution < 1.29 is 42.3 Å². The molecule has 0 aliphatic heterocycles. The first kappa shape index (κ1) is 11.9. The van der Waals surface area contributed by atoms with Crippen molar-refractivity contribution in [1.29, 1.82) is 0 Å². The first-order valence-electron chi connectivity index (χ1n) is 3.41. The van der Waals surface area contributed by atoms with Crippen LogP contribution in [0.2, 0.25) is 0 Å². The summed E-state index contributed by atoms with van der Waals surface area (Å²) in [5, 5.41) is 0. The summed E-state index contributed by atoms with van der Waals surface area (Å²) in [5.41, 5.74) is 1.48.